The molecule has 0 N–H and O–H groups in total. The van der Waals surface area contributed by atoms with E-state index in [9.17, 15) is 4.39 Å². The molecular formula is C19H22FNO3. The summed E-state index contributed by atoms with van der Waals surface area (Å²) in [6.07, 6.45) is 0.0168. The lowest BCUT2D eigenvalue weighted by molar-refractivity contribution is -0.0332. The number of methoxy groups -OCH3 is 2. The first-order valence-corrected chi connectivity index (χ1v) is 8.00. The van der Waals surface area contributed by atoms with Crippen LogP contribution in [-0.2, 0) is 11.3 Å². The topological polar surface area (TPSA) is 30.9 Å². The fourth-order valence-electron chi connectivity index (χ4n) is 2.97. The van der Waals surface area contributed by atoms with Crippen LogP contribution in [0.15, 0.2) is 42.5 Å². The number of hydrogen-bond acceptors (Lipinski definition) is 4. The lowest BCUT2D eigenvalue weighted by Crippen LogP contribution is -2.38. The number of hydrogen-bond donors (Lipinski definition) is 0. The van der Waals surface area contributed by atoms with Crippen LogP contribution in [0.4, 0.5) is 4.39 Å². The van der Waals surface area contributed by atoms with Crippen molar-refractivity contribution in [2.45, 2.75) is 12.6 Å². The summed E-state index contributed by atoms with van der Waals surface area (Å²) < 4.78 is 30.6. The molecule has 5 heteroatoms. The Balaban J connectivity index is 1.74. The average Bonchev–Trinajstić information content (AvgIpc) is 2.64. The lowest BCUT2D eigenvalue weighted by Gasteiger charge is -2.33. The molecule has 0 amide bonds. The summed E-state index contributed by atoms with van der Waals surface area (Å²) in [6, 6.07) is 13.2. The molecule has 2 aromatic carbocycles. The first-order chi connectivity index (χ1) is 11.7. The molecule has 1 unspecified atom stereocenters. The molecule has 0 bridgehead atoms. The van der Waals surface area contributed by atoms with Crippen LogP contribution in [-0.4, -0.2) is 38.8 Å². The van der Waals surface area contributed by atoms with Crippen LogP contribution in [0.3, 0.4) is 0 Å². The number of halogens is 1. The first kappa shape index (κ1) is 16.7. The highest BCUT2D eigenvalue weighted by Gasteiger charge is 2.23. The van der Waals surface area contributed by atoms with Gasteiger partial charge in [0.15, 0.2) is 11.5 Å². The second-order valence-corrected chi connectivity index (χ2v) is 5.80. The molecule has 4 nitrogen and oxygen atoms in total. The van der Waals surface area contributed by atoms with E-state index in [1.165, 1.54) is 13.2 Å². The number of ether oxygens (including phenoxy) is 3. The third-order valence-electron chi connectivity index (χ3n) is 4.27. The maximum absolute atomic E-state index is 14.3. The molecule has 0 radical (unpaired) electrons. The molecule has 1 heterocycles. The Hall–Kier alpha value is -2.11. The van der Waals surface area contributed by atoms with Gasteiger partial charge in [0.2, 0.25) is 0 Å². The van der Waals surface area contributed by atoms with Gasteiger partial charge < -0.3 is 14.2 Å². The second-order valence-electron chi connectivity index (χ2n) is 5.80. The molecule has 2 aromatic rings. The normalized spacial score (nSPS) is 18.4. The molecule has 1 fully saturated rings. The largest absolute Gasteiger partial charge is 0.493 e. The number of morpholine rings is 1. The number of benzene rings is 2. The van der Waals surface area contributed by atoms with E-state index < -0.39 is 0 Å². The number of nitrogens with zero attached hydrogens (tertiary/aromatic N) is 1. The standard InChI is InChI=1S/C19H22FNO3/c1-22-17-10-15(16(20)11-18(17)23-2)12-21-8-9-24-19(13-21)14-6-4-3-5-7-14/h3-7,10-11,19H,8-9,12-13H2,1-2H3. The van der Waals surface area contributed by atoms with Crippen LogP contribution >= 0.6 is 0 Å². The van der Waals surface area contributed by atoms with Gasteiger partial charge in [-0.3, -0.25) is 4.90 Å². The predicted octanol–water partition coefficient (Wildman–Crippen LogP) is 3.42. The summed E-state index contributed by atoms with van der Waals surface area (Å²) in [5, 5.41) is 0. The SMILES string of the molecule is COc1cc(F)c(CN2CCOC(c3ccccc3)C2)cc1OC. The Bertz CT molecular complexity index is 678. The Morgan fingerprint density at radius 2 is 1.83 bits per heavy atom. The van der Waals surface area contributed by atoms with Crippen LogP contribution in [0, 0.1) is 5.82 Å². The molecule has 0 spiro atoms. The summed E-state index contributed by atoms with van der Waals surface area (Å²) in [4.78, 5) is 2.20. The molecule has 24 heavy (non-hydrogen) atoms. The fourth-order valence-corrected chi connectivity index (χ4v) is 2.97. The molecule has 1 aliphatic heterocycles. The molecule has 1 aliphatic rings. The summed E-state index contributed by atoms with van der Waals surface area (Å²) in [7, 11) is 3.06. The van der Waals surface area contributed by atoms with Crippen LogP contribution < -0.4 is 9.47 Å². The van der Waals surface area contributed by atoms with E-state index in [0.717, 1.165) is 18.7 Å². The minimum Gasteiger partial charge on any atom is -0.493 e. The van der Waals surface area contributed by atoms with Crippen molar-refractivity contribution < 1.29 is 18.6 Å². The number of rotatable bonds is 5. The Kier molecular flexibility index (Phi) is 5.33. The monoisotopic (exact) mass is 331 g/mol. The zero-order chi connectivity index (χ0) is 16.9. The van der Waals surface area contributed by atoms with Crippen molar-refractivity contribution in [3.05, 3.63) is 59.4 Å². The van der Waals surface area contributed by atoms with E-state index in [1.807, 2.05) is 18.2 Å². The minimum absolute atomic E-state index is 0.0168. The Labute approximate surface area is 141 Å². The maximum atomic E-state index is 14.3. The van der Waals surface area contributed by atoms with Gasteiger partial charge in [-0.05, 0) is 11.6 Å². The van der Waals surface area contributed by atoms with Gasteiger partial charge in [-0.15, -0.1) is 0 Å². The summed E-state index contributed by atoms with van der Waals surface area (Å²) in [5.41, 5.74) is 1.75. The van der Waals surface area contributed by atoms with Gasteiger partial charge in [0.05, 0.1) is 26.9 Å². The molecule has 1 atom stereocenters. The van der Waals surface area contributed by atoms with Crippen molar-refractivity contribution >= 4 is 0 Å². The van der Waals surface area contributed by atoms with Gasteiger partial charge in [-0.2, -0.15) is 0 Å². The van der Waals surface area contributed by atoms with E-state index in [2.05, 4.69) is 17.0 Å². The highest BCUT2D eigenvalue weighted by Crippen LogP contribution is 2.31. The van der Waals surface area contributed by atoms with Crippen molar-refractivity contribution in [1.29, 1.82) is 0 Å². The zero-order valence-electron chi connectivity index (χ0n) is 14.0. The molecule has 0 aliphatic carbocycles. The minimum atomic E-state index is -0.282. The summed E-state index contributed by atoms with van der Waals surface area (Å²) in [5.74, 6) is 0.667. The lowest BCUT2D eigenvalue weighted by atomic mass is 10.1. The van der Waals surface area contributed by atoms with E-state index in [1.54, 1.807) is 13.2 Å². The van der Waals surface area contributed by atoms with E-state index in [4.69, 9.17) is 14.2 Å². The van der Waals surface area contributed by atoms with Gasteiger partial charge in [-0.25, -0.2) is 4.39 Å². The van der Waals surface area contributed by atoms with Crippen molar-refractivity contribution in [3.63, 3.8) is 0 Å². The second kappa shape index (κ2) is 7.64. The van der Waals surface area contributed by atoms with Crippen LogP contribution in [0.25, 0.3) is 0 Å². The van der Waals surface area contributed by atoms with Crippen molar-refractivity contribution in [2.24, 2.45) is 0 Å². The molecular weight excluding hydrogens is 309 g/mol. The highest BCUT2D eigenvalue weighted by molar-refractivity contribution is 5.43. The predicted molar refractivity (Wildman–Crippen MR) is 89.9 cm³/mol. The van der Waals surface area contributed by atoms with Gasteiger partial charge in [0.1, 0.15) is 5.82 Å². The molecule has 0 aromatic heterocycles. The third-order valence-corrected chi connectivity index (χ3v) is 4.27. The smallest absolute Gasteiger partial charge is 0.163 e. The van der Waals surface area contributed by atoms with E-state index >= 15 is 0 Å². The molecule has 1 saturated heterocycles. The summed E-state index contributed by atoms with van der Waals surface area (Å²) in [6.45, 7) is 2.66. The van der Waals surface area contributed by atoms with E-state index in [0.29, 0.717) is 30.2 Å². The molecule has 3 rings (SSSR count). The molecule has 0 saturated carbocycles. The quantitative estimate of drug-likeness (QED) is 0.840. The van der Waals surface area contributed by atoms with Crippen LogP contribution in [0.1, 0.15) is 17.2 Å². The highest BCUT2D eigenvalue weighted by atomic mass is 19.1. The van der Waals surface area contributed by atoms with Gasteiger partial charge in [0.25, 0.3) is 0 Å². The zero-order valence-corrected chi connectivity index (χ0v) is 14.0. The van der Waals surface area contributed by atoms with Crippen LogP contribution in [0.5, 0.6) is 11.5 Å². The van der Waals surface area contributed by atoms with Crippen molar-refractivity contribution in [2.75, 3.05) is 33.9 Å². The van der Waals surface area contributed by atoms with Crippen molar-refractivity contribution in [1.82, 2.24) is 4.90 Å². The average molecular weight is 331 g/mol. The van der Waals surface area contributed by atoms with Gasteiger partial charge in [0, 0.05) is 31.3 Å². The Morgan fingerprint density at radius 3 is 2.54 bits per heavy atom. The Morgan fingerprint density at radius 1 is 1.12 bits per heavy atom. The first-order valence-electron chi connectivity index (χ1n) is 8.00. The third kappa shape index (κ3) is 3.68. The van der Waals surface area contributed by atoms with Crippen molar-refractivity contribution in [3.8, 4) is 11.5 Å². The maximum Gasteiger partial charge on any atom is 0.163 e. The van der Waals surface area contributed by atoms with Gasteiger partial charge >= 0.3 is 0 Å². The summed E-state index contributed by atoms with van der Waals surface area (Å²) >= 11 is 0. The molecule has 128 valence electrons. The van der Waals surface area contributed by atoms with E-state index in [-0.39, 0.29) is 11.9 Å². The van der Waals surface area contributed by atoms with Gasteiger partial charge in [-0.1, -0.05) is 30.3 Å². The fraction of sp³-hybridized carbons (Fsp3) is 0.368. The van der Waals surface area contributed by atoms with Crippen LogP contribution in [0.2, 0.25) is 0 Å².